The monoisotopic (exact) mass is 1110 g/mol. The van der Waals surface area contributed by atoms with Gasteiger partial charge in [0.2, 0.25) is 0 Å². The van der Waals surface area contributed by atoms with Crippen molar-refractivity contribution >= 4 is 68.4 Å². The largest absolute Gasteiger partial charge is 0.468 e. The van der Waals surface area contributed by atoms with Gasteiger partial charge in [0.05, 0.1) is 17.0 Å². The number of rotatable bonds is 4. The summed E-state index contributed by atoms with van der Waals surface area (Å²) in [6.07, 6.45) is 17.6. The zero-order valence-corrected chi connectivity index (χ0v) is 54.2. The summed E-state index contributed by atoms with van der Waals surface area (Å²) in [6, 6.07) is 41.0. The minimum Gasteiger partial charge on any atom is -0.468 e. The predicted octanol–water partition coefficient (Wildman–Crippen LogP) is 20.0. The minimum atomic E-state index is -0.129. The van der Waals surface area contributed by atoms with Crippen molar-refractivity contribution in [3.8, 4) is 11.1 Å². The van der Waals surface area contributed by atoms with Crippen molar-refractivity contribution < 1.29 is 4.42 Å². The molecule has 4 saturated carbocycles. The molecule has 3 heterocycles. The van der Waals surface area contributed by atoms with Gasteiger partial charge in [0.1, 0.15) is 5.58 Å². The Hall–Kier alpha value is -5.48. The molecule has 0 amide bonds. The molecule has 7 aromatic rings. The minimum absolute atomic E-state index is 0.00349. The number of hydrogen-bond acceptors (Lipinski definition) is 3. The van der Waals surface area contributed by atoms with E-state index in [4.69, 9.17) is 4.42 Å². The van der Waals surface area contributed by atoms with E-state index in [0.717, 1.165) is 41.8 Å². The fraction of sp³-hybridized carbons (Fsp3) is 0.525. The second kappa shape index (κ2) is 17.0. The average molecular weight is 1110 g/mol. The molecule has 0 saturated heterocycles. The van der Waals surface area contributed by atoms with Crippen molar-refractivity contribution in [1.82, 2.24) is 0 Å². The van der Waals surface area contributed by atoms with E-state index in [1.54, 1.807) is 5.56 Å². The third kappa shape index (κ3) is 7.55. The average Bonchev–Trinajstić information content (AvgIpc) is 1.20. The molecule has 4 heteroatoms. The van der Waals surface area contributed by atoms with Crippen LogP contribution in [0.1, 0.15) is 251 Å². The summed E-state index contributed by atoms with van der Waals surface area (Å²) in [7, 11) is 0. The highest BCUT2D eigenvalue weighted by Crippen LogP contribution is 2.64. The van der Waals surface area contributed by atoms with Gasteiger partial charge in [-0.1, -0.05) is 153 Å². The third-order valence-electron chi connectivity index (χ3n) is 25.6. The number of benzene rings is 6. The van der Waals surface area contributed by atoms with Crippen molar-refractivity contribution in [1.29, 1.82) is 0 Å². The van der Waals surface area contributed by atoms with Gasteiger partial charge in [-0.25, -0.2) is 0 Å². The summed E-state index contributed by atoms with van der Waals surface area (Å²) in [4.78, 5) is 5.71. The summed E-state index contributed by atoms with van der Waals surface area (Å²) in [5.74, 6) is 2.44. The van der Waals surface area contributed by atoms with Gasteiger partial charge in [0.15, 0.2) is 0 Å². The molecule has 4 fully saturated rings. The third-order valence-corrected chi connectivity index (χ3v) is 25.6. The van der Waals surface area contributed by atoms with Crippen molar-refractivity contribution in [3.05, 3.63) is 147 Å². The highest BCUT2D eigenvalue weighted by molar-refractivity contribution is 7.00. The van der Waals surface area contributed by atoms with Crippen LogP contribution in [0, 0.1) is 17.8 Å². The lowest BCUT2D eigenvalue weighted by molar-refractivity contribution is -0.00514. The van der Waals surface area contributed by atoms with Gasteiger partial charge >= 0.3 is 0 Å². The molecule has 3 nitrogen and oxygen atoms in total. The molecule has 6 aromatic carbocycles. The molecule has 0 unspecified atom stereocenters. The molecule has 84 heavy (non-hydrogen) atoms. The van der Waals surface area contributed by atoms with Gasteiger partial charge in [-0.2, -0.15) is 0 Å². The van der Waals surface area contributed by atoms with Crippen LogP contribution in [0.2, 0.25) is 0 Å². The molecule has 17 rings (SSSR count). The smallest absolute Gasteiger partial charge is 0.297 e. The van der Waals surface area contributed by atoms with Gasteiger partial charge in [0.25, 0.3) is 6.71 Å². The second-order valence-corrected chi connectivity index (χ2v) is 35.0. The second-order valence-electron chi connectivity index (χ2n) is 35.0. The number of furan rings is 1. The van der Waals surface area contributed by atoms with Gasteiger partial charge in [0, 0.05) is 33.7 Å². The fourth-order valence-electron chi connectivity index (χ4n) is 20.3. The molecule has 0 N–H and O–H groups in total. The first-order chi connectivity index (χ1) is 39.5. The number of hydrogen-bond donors (Lipinski definition) is 0. The molecule has 8 aliphatic carbocycles. The van der Waals surface area contributed by atoms with Gasteiger partial charge in [-0.15, -0.1) is 0 Å². The Morgan fingerprint density at radius 2 is 0.845 bits per heavy atom. The Morgan fingerprint density at radius 3 is 1.38 bits per heavy atom. The molecule has 434 valence electrons. The maximum Gasteiger partial charge on any atom is 0.297 e. The SMILES string of the molecule is CC1(C)CCC(C)(C)c2cc(N3c4cc(C56CC7CC(CC(C7)C5)C6)cc5c4B(c4cc6c(cc4N5c4cc5c(cc4-c4ccccc4)C(C)(C)CCC5(C)C)C(C)(C)CCC6(C)C)c4oc5cc6c(cc5c43)C(C)(C)CCC6(C)C)ccc21. The molecule has 0 radical (unpaired) electrons. The van der Waals surface area contributed by atoms with Crippen LogP contribution in [0.5, 0.6) is 0 Å². The Balaban J connectivity index is 1.09. The Kier molecular flexibility index (Phi) is 10.9. The van der Waals surface area contributed by atoms with E-state index in [2.05, 4.69) is 218 Å². The van der Waals surface area contributed by atoms with E-state index in [0.29, 0.717) is 0 Å². The molecule has 4 bridgehead atoms. The lowest BCUT2D eigenvalue weighted by Gasteiger charge is -2.57. The first-order valence-electron chi connectivity index (χ1n) is 33.4. The van der Waals surface area contributed by atoms with Crippen molar-refractivity contribution in [2.24, 2.45) is 17.8 Å². The lowest BCUT2D eigenvalue weighted by atomic mass is 9.35. The van der Waals surface area contributed by atoms with Crippen molar-refractivity contribution in [2.45, 2.75) is 249 Å². The van der Waals surface area contributed by atoms with E-state index in [-0.39, 0.29) is 55.4 Å². The summed E-state index contributed by atoms with van der Waals surface area (Å²) < 4.78 is 8.03. The Bertz CT molecular complexity index is 3950. The maximum absolute atomic E-state index is 8.03. The van der Waals surface area contributed by atoms with Crippen LogP contribution < -0.4 is 26.4 Å². The highest BCUT2D eigenvalue weighted by atomic mass is 16.3. The topological polar surface area (TPSA) is 19.6 Å². The molecule has 1 aromatic heterocycles. The normalized spacial score (nSPS) is 27.5. The first-order valence-corrected chi connectivity index (χ1v) is 33.4. The zero-order chi connectivity index (χ0) is 58.6. The van der Waals surface area contributed by atoms with Crippen LogP contribution >= 0.6 is 0 Å². The number of anilines is 6. The molecular formula is C80H95BN2O. The summed E-state index contributed by atoms with van der Waals surface area (Å²) in [6.45, 7) is 40.1. The lowest BCUT2D eigenvalue weighted by Crippen LogP contribution is -2.61. The summed E-state index contributed by atoms with van der Waals surface area (Å²) in [5.41, 5.74) is 29.6. The van der Waals surface area contributed by atoms with E-state index in [1.807, 2.05) is 0 Å². The standard InChI is InChI=1S/C80H95BN2O/c1-72(2)24-25-73(3,4)56-37-52(22-23-55(56)72)82-66-35-51(80-44-47-32-48(45-80)34-49(33-47)46-80)36-67-69(66)81(71-70(82)54-39-58-62(43-68(54)84-71)79(15,16)31-27-75(58,7)8)63-40-59-61(78(13,14)30-28-76(59,9)10)42-65(63)83(67)64-41-60-57(74(5,6)26-29-77(60,11)12)38-53(64)50-20-18-17-19-21-50/h17-23,35-43,47-49H,24-34,44-46H2,1-16H3. The Morgan fingerprint density at radius 1 is 0.405 bits per heavy atom. The van der Waals surface area contributed by atoms with Crippen molar-refractivity contribution in [3.63, 3.8) is 0 Å². The molecule has 2 aliphatic heterocycles. The van der Waals surface area contributed by atoms with Crippen molar-refractivity contribution in [2.75, 3.05) is 9.80 Å². The highest BCUT2D eigenvalue weighted by Gasteiger charge is 2.55. The van der Waals surface area contributed by atoms with Gasteiger partial charge in [-0.3, -0.25) is 0 Å². The summed E-state index contributed by atoms with van der Waals surface area (Å²) in [5, 5.41) is 1.27. The maximum atomic E-state index is 8.03. The van der Waals surface area contributed by atoms with Crippen LogP contribution in [-0.4, -0.2) is 6.71 Å². The fourth-order valence-corrected chi connectivity index (χ4v) is 20.3. The van der Waals surface area contributed by atoms with E-state index in [9.17, 15) is 0 Å². The molecule has 10 aliphatic rings. The number of fused-ring (bicyclic) bond motifs is 10. The molecular weight excluding hydrogens is 1020 g/mol. The zero-order valence-electron chi connectivity index (χ0n) is 54.2. The van der Waals surface area contributed by atoms with Crippen LogP contribution in [0.25, 0.3) is 22.1 Å². The van der Waals surface area contributed by atoms with Crippen LogP contribution in [0.4, 0.5) is 34.1 Å². The van der Waals surface area contributed by atoms with Crippen LogP contribution in [-0.2, 0) is 48.7 Å². The van der Waals surface area contributed by atoms with Gasteiger partial charge < -0.3 is 14.2 Å². The van der Waals surface area contributed by atoms with Crippen LogP contribution in [0.3, 0.4) is 0 Å². The number of nitrogens with zero attached hydrogens (tertiary/aromatic N) is 2. The van der Waals surface area contributed by atoms with Crippen LogP contribution in [0.15, 0.2) is 101 Å². The van der Waals surface area contributed by atoms with E-state index >= 15 is 0 Å². The first kappa shape index (κ1) is 54.0. The summed E-state index contributed by atoms with van der Waals surface area (Å²) >= 11 is 0. The van der Waals surface area contributed by atoms with E-state index in [1.165, 1.54) is 183 Å². The quantitative estimate of drug-likeness (QED) is 0.164. The van der Waals surface area contributed by atoms with Gasteiger partial charge in [-0.05, 0) is 278 Å². The molecule has 0 spiro atoms. The van der Waals surface area contributed by atoms with E-state index < -0.39 is 0 Å². The Labute approximate surface area is 505 Å². The predicted molar refractivity (Wildman–Crippen MR) is 357 cm³/mol. The molecule has 0 atom stereocenters.